The summed E-state index contributed by atoms with van der Waals surface area (Å²) < 4.78 is 67.5. The first kappa shape index (κ1) is 18.9. The molecule has 1 N–H and O–H groups in total. The second kappa shape index (κ2) is 6.54. The van der Waals surface area contributed by atoms with E-state index in [1.54, 1.807) is 0 Å². The molecule has 0 fully saturated rings. The van der Waals surface area contributed by atoms with Gasteiger partial charge >= 0.3 is 18.1 Å². The summed E-state index contributed by atoms with van der Waals surface area (Å²) in [5.41, 5.74) is -1.93. The molecule has 1 aromatic rings. The topological polar surface area (TPSA) is 101 Å². The van der Waals surface area contributed by atoms with Crippen molar-refractivity contribution in [3.63, 3.8) is 0 Å². The highest BCUT2D eigenvalue weighted by Crippen LogP contribution is 2.32. The third-order valence-electron chi connectivity index (χ3n) is 2.76. The molecular formula is C12H12F3NO6S. The summed E-state index contributed by atoms with van der Waals surface area (Å²) in [4.78, 5) is 21.2. The number of hydrogen-bond acceptors (Lipinski definition) is 5. The van der Waals surface area contributed by atoms with Crippen LogP contribution >= 0.6 is 0 Å². The molecule has 0 aromatic heterocycles. The molecule has 0 aliphatic rings. The fraction of sp³-hybridized carbons (Fsp3) is 0.333. The van der Waals surface area contributed by atoms with Crippen LogP contribution in [-0.4, -0.2) is 50.5 Å². The van der Waals surface area contributed by atoms with Crippen LogP contribution in [0.1, 0.15) is 15.9 Å². The summed E-state index contributed by atoms with van der Waals surface area (Å²) in [5.74, 6) is -2.68. The molecule has 0 radical (unpaired) electrons. The van der Waals surface area contributed by atoms with Gasteiger partial charge in [-0.2, -0.15) is 17.5 Å². The molecule has 1 rings (SSSR count). The van der Waals surface area contributed by atoms with E-state index in [1.165, 1.54) is 0 Å². The van der Waals surface area contributed by atoms with Crippen LogP contribution in [0.2, 0.25) is 0 Å². The number of hydrogen-bond donors (Lipinski definition) is 1. The molecule has 0 aliphatic carbocycles. The zero-order valence-corrected chi connectivity index (χ0v) is 12.7. The summed E-state index contributed by atoms with van der Waals surface area (Å²) in [6.07, 6.45) is -4.84. The second-order valence-corrected chi connectivity index (χ2v) is 6.37. The van der Waals surface area contributed by atoms with Crippen molar-refractivity contribution in [2.75, 3.05) is 20.7 Å². The predicted octanol–water partition coefficient (Wildman–Crippen LogP) is 1.20. The Morgan fingerprint density at radius 2 is 1.87 bits per heavy atom. The van der Waals surface area contributed by atoms with E-state index in [0.717, 1.165) is 14.2 Å². The first-order valence-electron chi connectivity index (χ1n) is 5.89. The number of sulfonamides is 1. The number of ether oxygens (including phenoxy) is 1. The van der Waals surface area contributed by atoms with Gasteiger partial charge in [-0.1, -0.05) is 0 Å². The van der Waals surface area contributed by atoms with Gasteiger partial charge in [-0.25, -0.2) is 13.2 Å². The number of esters is 1. The van der Waals surface area contributed by atoms with Crippen molar-refractivity contribution < 1.29 is 41.0 Å². The van der Waals surface area contributed by atoms with Crippen LogP contribution in [0.5, 0.6) is 0 Å². The molecule has 0 unspecified atom stereocenters. The van der Waals surface area contributed by atoms with Crippen LogP contribution in [0, 0.1) is 0 Å². The molecule has 0 saturated heterocycles. The van der Waals surface area contributed by atoms with Crippen molar-refractivity contribution in [2.45, 2.75) is 11.1 Å². The highest BCUT2D eigenvalue weighted by atomic mass is 32.2. The van der Waals surface area contributed by atoms with Crippen molar-refractivity contribution in [3.05, 3.63) is 29.3 Å². The smallest absolute Gasteiger partial charge is 0.416 e. The average molecular weight is 355 g/mol. The molecule has 0 heterocycles. The number of carbonyl (C=O) groups excluding carboxylic acids is 1. The van der Waals surface area contributed by atoms with Crippen molar-refractivity contribution in [3.8, 4) is 0 Å². The second-order valence-electron chi connectivity index (χ2n) is 4.36. The first-order chi connectivity index (χ1) is 10.4. The maximum absolute atomic E-state index is 12.8. The Balaban J connectivity index is 3.57. The van der Waals surface area contributed by atoms with Gasteiger partial charge in [0.25, 0.3) is 0 Å². The highest BCUT2D eigenvalue weighted by molar-refractivity contribution is 7.89. The van der Waals surface area contributed by atoms with Crippen molar-refractivity contribution in [2.24, 2.45) is 0 Å². The number of halogens is 3. The van der Waals surface area contributed by atoms with Gasteiger partial charge in [-0.3, -0.25) is 4.79 Å². The van der Waals surface area contributed by atoms with Gasteiger partial charge in [0.15, 0.2) is 0 Å². The lowest BCUT2D eigenvalue weighted by molar-refractivity contribution is -0.138. The largest absolute Gasteiger partial charge is 0.480 e. The normalized spacial score (nSPS) is 12.3. The summed E-state index contributed by atoms with van der Waals surface area (Å²) in [6.45, 7) is -0.987. The van der Waals surface area contributed by atoms with Crippen molar-refractivity contribution in [1.29, 1.82) is 0 Å². The number of aliphatic carboxylic acids is 1. The maximum Gasteiger partial charge on any atom is 0.416 e. The van der Waals surface area contributed by atoms with E-state index in [9.17, 15) is 31.2 Å². The van der Waals surface area contributed by atoms with Crippen LogP contribution < -0.4 is 0 Å². The van der Waals surface area contributed by atoms with Gasteiger partial charge in [0.2, 0.25) is 10.0 Å². The Morgan fingerprint density at radius 3 is 2.30 bits per heavy atom. The standard InChI is InChI=1S/C12H12F3NO6S/c1-16(6-10(17)18)23(20,21)9-5-7(12(13,14)15)3-4-8(9)11(19)22-2/h3-5H,6H2,1-2H3,(H,17,18). The van der Waals surface area contributed by atoms with Crippen LogP contribution in [0.15, 0.2) is 23.1 Å². The van der Waals surface area contributed by atoms with Gasteiger partial charge in [0, 0.05) is 7.05 Å². The molecule has 23 heavy (non-hydrogen) atoms. The number of methoxy groups -OCH3 is 1. The molecule has 0 spiro atoms. The van der Waals surface area contributed by atoms with E-state index in [4.69, 9.17) is 5.11 Å². The Morgan fingerprint density at radius 1 is 1.30 bits per heavy atom. The van der Waals surface area contributed by atoms with E-state index in [-0.39, 0.29) is 6.07 Å². The van der Waals surface area contributed by atoms with Gasteiger partial charge < -0.3 is 9.84 Å². The van der Waals surface area contributed by atoms with Crippen LogP contribution in [0.4, 0.5) is 13.2 Å². The zero-order valence-electron chi connectivity index (χ0n) is 11.9. The van der Waals surface area contributed by atoms with E-state index in [2.05, 4.69) is 4.74 Å². The molecule has 7 nitrogen and oxygen atoms in total. The van der Waals surface area contributed by atoms with E-state index in [1.807, 2.05) is 0 Å². The minimum absolute atomic E-state index is 0.264. The van der Waals surface area contributed by atoms with E-state index in [0.29, 0.717) is 16.4 Å². The molecule has 0 saturated carbocycles. The van der Waals surface area contributed by atoms with Gasteiger partial charge in [0.05, 0.1) is 23.1 Å². The van der Waals surface area contributed by atoms with Crippen LogP contribution in [0.3, 0.4) is 0 Å². The van der Waals surface area contributed by atoms with Gasteiger partial charge in [-0.05, 0) is 18.2 Å². The fourth-order valence-electron chi connectivity index (χ4n) is 1.63. The lowest BCUT2D eigenvalue weighted by Crippen LogP contribution is -2.33. The van der Waals surface area contributed by atoms with Gasteiger partial charge in [0.1, 0.15) is 6.54 Å². The number of carbonyl (C=O) groups is 2. The molecule has 1 aromatic carbocycles. The lowest BCUT2D eigenvalue weighted by Gasteiger charge is -2.18. The zero-order chi connectivity index (χ0) is 18.0. The highest BCUT2D eigenvalue weighted by Gasteiger charge is 2.35. The molecule has 0 amide bonds. The summed E-state index contributed by atoms with van der Waals surface area (Å²) >= 11 is 0. The number of nitrogens with zero attached hydrogens (tertiary/aromatic N) is 1. The molecular weight excluding hydrogens is 343 g/mol. The van der Waals surface area contributed by atoms with E-state index < -0.39 is 50.7 Å². The molecule has 128 valence electrons. The third-order valence-corrected chi connectivity index (χ3v) is 4.60. The maximum atomic E-state index is 12.8. The molecule has 0 atom stereocenters. The Kier molecular flexibility index (Phi) is 5.38. The number of carboxylic acids is 1. The summed E-state index contributed by atoms with van der Waals surface area (Å²) in [5, 5.41) is 8.62. The molecule has 11 heteroatoms. The third kappa shape index (κ3) is 4.20. The number of carboxylic acid groups (broad SMARTS) is 1. The average Bonchev–Trinajstić information content (AvgIpc) is 2.44. The first-order valence-corrected chi connectivity index (χ1v) is 7.33. The minimum atomic E-state index is -4.84. The predicted molar refractivity (Wildman–Crippen MR) is 70.2 cm³/mol. The van der Waals surface area contributed by atoms with Crippen molar-refractivity contribution >= 4 is 22.0 Å². The van der Waals surface area contributed by atoms with Crippen LogP contribution in [0.25, 0.3) is 0 Å². The fourth-order valence-corrected chi connectivity index (χ4v) is 2.96. The van der Waals surface area contributed by atoms with Gasteiger partial charge in [-0.15, -0.1) is 0 Å². The van der Waals surface area contributed by atoms with E-state index >= 15 is 0 Å². The quantitative estimate of drug-likeness (QED) is 0.797. The Labute approximate surface area is 129 Å². The number of benzene rings is 1. The number of likely N-dealkylation sites (N-methyl/N-ethyl adjacent to an activating group) is 1. The molecule has 0 bridgehead atoms. The summed E-state index contributed by atoms with van der Waals surface area (Å²) in [6, 6.07) is 1.46. The Bertz CT molecular complexity index is 729. The minimum Gasteiger partial charge on any atom is -0.480 e. The number of rotatable bonds is 5. The summed E-state index contributed by atoms with van der Waals surface area (Å²) in [7, 11) is -2.86. The van der Waals surface area contributed by atoms with Crippen LogP contribution in [-0.2, 0) is 25.7 Å². The van der Waals surface area contributed by atoms with Crippen molar-refractivity contribution in [1.82, 2.24) is 4.31 Å². The number of alkyl halides is 3. The lowest BCUT2D eigenvalue weighted by atomic mass is 10.1. The monoisotopic (exact) mass is 355 g/mol. The molecule has 0 aliphatic heterocycles. The SMILES string of the molecule is COC(=O)c1ccc(C(F)(F)F)cc1S(=O)(=O)N(C)CC(=O)O. The Hall–Kier alpha value is -2.14.